The van der Waals surface area contributed by atoms with Gasteiger partial charge in [0.05, 0.1) is 0 Å². The maximum atomic E-state index is 9.42. The van der Waals surface area contributed by atoms with E-state index in [4.69, 9.17) is 0 Å². The summed E-state index contributed by atoms with van der Waals surface area (Å²) in [6, 6.07) is 9.18. The van der Waals surface area contributed by atoms with E-state index >= 15 is 0 Å². The van der Waals surface area contributed by atoms with E-state index in [1.165, 1.54) is 0 Å². The van der Waals surface area contributed by atoms with Crippen LogP contribution in [0.1, 0.15) is 5.56 Å². The Morgan fingerprint density at radius 2 is 2.00 bits per heavy atom. The van der Waals surface area contributed by atoms with Crippen molar-refractivity contribution >= 4 is 0 Å². The first kappa shape index (κ1) is 7.29. The fourth-order valence-corrected chi connectivity index (χ4v) is 0.622. The van der Waals surface area contributed by atoms with E-state index in [0.29, 0.717) is 0 Å². The van der Waals surface area contributed by atoms with E-state index in [2.05, 4.69) is 22.2 Å². The van der Waals surface area contributed by atoms with Gasteiger partial charge in [-0.3, -0.25) is 4.84 Å². The van der Waals surface area contributed by atoms with Gasteiger partial charge in [-0.15, -0.1) is 4.91 Å². The molecule has 0 spiro atoms. The van der Waals surface area contributed by atoms with Crippen molar-refractivity contribution in [1.29, 1.82) is 0 Å². The quantitative estimate of drug-likeness (QED) is 0.344. The smallest absolute Gasteiger partial charge is 0.170 e. The van der Waals surface area contributed by atoms with Crippen LogP contribution < -0.4 is 0 Å². The van der Waals surface area contributed by atoms with Crippen molar-refractivity contribution in [2.75, 3.05) is 0 Å². The summed E-state index contributed by atoms with van der Waals surface area (Å²) in [4.78, 5) is 13.4. The Morgan fingerprint density at radius 3 is 2.64 bits per heavy atom. The molecule has 0 saturated heterocycles. The molecule has 0 fully saturated rings. The SMILES string of the molecule is O=NOC#Cc1ccccc1. The van der Waals surface area contributed by atoms with Gasteiger partial charge < -0.3 is 0 Å². The summed E-state index contributed by atoms with van der Waals surface area (Å²) in [5.74, 6) is 2.58. The summed E-state index contributed by atoms with van der Waals surface area (Å²) in [5.41, 5.74) is 0.788. The van der Waals surface area contributed by atoms with Crippen LogP contribution in [0, 0.1) is 16.9 Å². The molecule has 1 aromatic carbocycles. The lowest BCUT2D eigenvalue weighted by atomic mass is 10.2. The molecule has 0 aliphatic carbocycles. The van der Waals surface area contributed by atoms with Crippen LogP contribution in [-0.4, -0.2) is 0 Å². The molecule has 0 aromatic heterocycles. The van der Waals surface area contributed by atoms with Crippen LogP contribution >= 0.6 is 0 Å². The fourth-order valence-electron chi connectivity index (χ4n) is 0.622. The van der Waals surface area contributed by atoms with Gasteiger partial charge in [-0.1, -0.05) is 18.2 Å². The van der Waals surface area contributed by atoms with E-state index in [0.717, 1.165) is 5.56 Å². The summed E-state index contributed by atoms with van der Waals surface area (Å²) < 4.78 is 0. The predicted molar refractivity (Wildman–Crippen MR) is 40.2 cm³/mol. The standard InChI is InChI=1S/C8H5NO2/c10-9-11-7-6-8-4-2-1-3-5-8/h1-5H. The third-order valence-electron chi connectivity index (χ3n) is 1.05. The molecule has 0 unspecified atom stereocenters. The van der Waals surface area contributed by atoms with Crippen LogP contribution in [0.3, 0.4) is 0 Å². The molecule has 54 valence electrons. The van der Waals surface area contributed by atoms with Gasteiger partial charge in [-0.05, 0) is 18.1 Å². The van der Waals surface area contributed by atoms with Gasteiger partial charge in [-0.25, -0.2) is 0 Å². The summed E-state index contributed by atoms with van der Waals surface area (Å²) in [5, 5.41) is 2.13. The molecule has 0 bridgehead atoms. The van der Waals surface area contributed by atoms with Crippen molar-refractivity contribution < 1.29 is 4.84 Å². The lowest BCUT2D eigenvalue weighted by Crippen LogP contribution is -1.70. The predicted octanol–water partition coefficient (Wildman–Crippen LogP) is 1.69. The van der Waals surface area contributed by atoms with Crippen molar-refractivity contribution in [2.24, 2.45) is 5.34 Å². The van der Waals surface area contributed by atoms with Crippen LogP contribution in [0.25, 0.3) is 0 Å². The topological polar surface area (TPSA) is 38.7 Å². The third-order valence-corrected chi connectivity index (χ3v) is 1.05. The Hall–Kier alpha value is -1.82. The van der Waals surface area contributed by atoms with Crippen molar-refractivity contribution in [3.05, 3.63) is 40.8 Å². The monoisotopic (exact) mass is 147 g/mol. The molecule has 0 N–H and O–H groups in total. The highest BCUT2D eigenvalue weighted by Gasteiger charge is 1.80. The highest BCUT2D eigenvalue weighted by molar-refractivity contribution is 5.32. The van der Waals surface area contributed by atoms with Crippen molar-refractivity contribution in [2.45, 2.75) is 0 Å². The number of nitrogens with zero attached hydrogens (tertiary/aromatic N) is 1. The molecule has 0 aliphatic rings. The van der Waals surface area contributed by atoms with Crippen LogP contribution in [0.5, 0.6) is 0 Å². The lowest BCUT2D eigenvalue weighted by molar-refractivity contribution is 0.292. The molecular weight excluding hydrogens is 142 g/mol. The zero-order valence-corrected chi connectivity index (χ0v) is 5.65. The molecule has 3 nitrogen and oxygen atoms in total. The third kappa shape index (κ3) is 2.50. The number of hydrogen-bond acceptors (Lipinski definition) is 3. The molecule has 0 saturated carbocycles. The van der Waals surface area contributed by atoms with Crippen LogP contribution in [0.2, 0.25) is 0 Å². The first-order valence-electron chi connectivity index (χ1n) is 2.98. The zero-order valence-electron chi connectivity index (χ0n) is 5.65. The second-order valence-corrected chi connectivity index (χ2v) is 1.76. The van der Waals surface area contributed by atoms with Gasteiger partial charge >= 0.3 is 0 Å². The van der Waals surface area contributed by atoms with Gasteiger partial charge in [-0.2, -0.15) is 0 Å². The minimum Gasteiger partial charge on any atom is -0.268 e. The molecule has 1 aromatic rings. The van der Waals surface area contributed by atoms with E-state index in [1.807, 2.05) is 18.2 Å². The fraction of sp³-hybridized carbons (Fsp3) is 0. The van der Waals surface area contributed by atoms with E-state index < -0.39 is 0 Å². The maximum absolute atomic E-state index is 9.42. The second-order valence-electron chi connectivity index (χ2n) is 1.76. The molecule has 0 aliphatic heterocycles. The Kier molecular flexibility index (Phi) is 2.70. The average molecular weight is 147 g/mol. The minimum absolute atomic E-state index is 0.788. The molecule has 0 amide bonds. The lowest BCUT2D eigenvalue weighted by Gasteiger charge is -1.83. The van der Waals surface area contributed by atoms with Crippen molar-refractivity contribution in [3.63, 3.8) is 0 Å². The molecule has 0 heterocycles. The first-order chi connectivity index (χ1) is 5.43. The van der Waals surface area contributed by atoms with Gasteiger partial charge in [0, 0.05) is 5.56 Å². The largest absolute Gasteiger partial charge is 0.268 e. The highest BCUT2D eigenvalue weighted by Crippen LogP contribution is 1.94. The Morgan fingerprint density at radius 1 is 1.27 bits per heavy atom. The molecule has 0 radical (unpaired) electrons. The van der Waals surface area contributed by atoms with E-state index in [-0.39, 0.29) is 0 Å². The van der Waals surface area contributed by atoms with Crippen LogP contribution in [-0.2, 0) is 4.84 Å². The van der Waals surface area contributed by atoms with Crippen LogP contribution in [0.15, 0.2) is 35.7 Å². The first-order valence-corrected chi connectivity index (χ1v) is 2.98. The molecule has 3 heteroatoms. The van der Waals surface area contributed by atoms with E-state index in [1.54, 1.807) is 12.1 Å². The number of hydrogen-bond donors (Lipinski definition) is 0. The maximum Gasteiger partial charge on any atom is 0.170 e. The summed E-state index contributed by atoms with van der Waals surface area (Å²) in [6.07, 6.45) is 2.12. The van der Waals surface area contributed by atoms with Gasteiger partial charge in [0.15, 0.2) is 11.4 Å². The summed E-state index contributed by atoms with van der Waals surface area (Å²) in [6.45, 7) is 0. The minimum atomic E-state index is 0.788. The molecule has 1 rings (SSSR count). The molecule has 0 atom stereocenters. The highest BCUT2D eigenvalue weighted by atomic mass is 16.7. The average Bonchev–Trinajstić information content (AvgIpc) is 2.07. The molecule has 11 heavy (non-hydrogen) atoms. The normalized spacial score (nSPS) is 7.64. The van der Waals surface area contributed by atoms with Gasteiger partial charge in [0.2, 0.25) is 0 Å². The Labute approximate surface area is 63.9 Å². The zero-order chi connectivity index (χ0) is 7.94. The van der Waals surface area contributed by atoms with E-state index in [9.17, 15) is 4.91 Å². The Balaban J connectivity index is 2.66. The molecular formula is C8H5NO2. The number of rotatable bonds is 1. The van der Waals surface area contributed by atoms with Gasteiger partial charge in [0.25, 0.3) is 0 Å². The summed E-state index contributed by atoms with van der Waals surface area (Å²) in [7, 11) is 0. The van der Waals surface area contributed by atoms with Crippen LogP contribution in [0.4, 0.5) is 0 Å². The second kappa shape index (κ2) is 4.07. The van der Waals surface area contributed by atoms with Crippen molar-refractivity contribution in [3.8, 4) is 12.0 Å². The van der Waals surface area contributed by atoms with Crippen molar-refractivity contribution in [1.82, 2.24) is 0 Å². The summed E-state index contributed by atoms with van der Waals surface area (Å²) >= 11 is 0. The Bertz CT molecular complexity index is 284. The van der Waals surface area contributed by atoms with Gasteiger partial charge in [0.1, 0.15) is 0 Å². The number of benzene rings is 1.